The van der Waals surface area contributed by atoms with Gasteiger partial charge in [0, 0.05) is 23.8 Å². The minimum absolute atomic E-state index is 0.306. The van der Waals surface area contributed by atoms with Gasteiger partial charge < -0.3 is 14.8 Å². The van der Waals surface area contributed by atoms with E-state index >= 15 is 0 Å². The summed E-state index contributed by atoms with van der Waals surface area (Å²) in [5.74, 6) is 0.398. The van der Waals surface area contributed by atoms with Crippen molar-refractivity contribution in [2.24, 2.45) is 0 Å². The van der Waals surface area contributed by atoms with Crippen molar-refractivity contribution < 1.29 is 14.3 Å². The van der Waals surface area contributed by atoms with Gasteiger partial charge in [0.2, 0.25) is 0 Å². The molecular formula is C20H21N3O3. The third-order valence-electron chi connectivity index (χ3n) is 3.99. The minimum Gasteiger partial charge on any atom is -0.497 e. The number of rotatable bonds is 6. The molecule has 6 heteroatoms. The highest BCUT2D eigenvalue weighted by Gasteiger charge is 2.17. The number of ether oxygens (including phenoxy) is 2. The first kappa shape index (κ1) is 17.7. The van der Waals surface area contributed by atoms with E-state index in [2.05, 4.69) is 15.3 Å². The molecule has 0 saturated heterocycles. The smallest absolute Gasteiger partial charge is 0.341 e. The molecular weight excluding hydrogens is 330 g/mol. The molecule has 0 aliphatic rings. The zero-order valence-electron chi connectivity index (χ0n) is 15.1. The molecule has 3 aromatic rings. The Hall–Kier alpha value is -3.15. The topological polar surface area (TPSA) is 73.3 Å². The first-order chi connectivity index (χ1) is 12.6. The van der Waals surface area contributed by atoms with Gasteiger partial charge in [-0.05, 0) is 43.7 Å². The summed E-state index contributed by atoms with van der Waals surface area (Å²) in [4.78, 5) is 21.1. The molecule has 0 saturated carbocycles. The number of fused-ring (bicyclic) bond motifs is 1. The number of benzene rings is 1. The highest BCUT2D eigenvalue weighted by atomic mass is 16.5. The van der Waals surface area contributed by atoms with Crippen LogP contribution in [0.25, 0.3) is 11.0 Å². The number of aromatic nitrogens is 2. The van der Waals surface area contributed by atoms with E-state index in [1.165, 1.54) is 6.20 Å². The van der Waals surface area contributed by atoms with E-state index in [9.17, 15) is 4.79 Å². The van der Waals surface area contributed by atoms with Gasteiger partial charge in [-0.2, -0.15) is 0 Å². The molecule has 1 N–H and O–H groups in total. The summed E-state index contributed by atoms with van der Waals surface area (Å²) in [6, 6.07) is 11.6. The maximum atomic E-state index is 12.3. The Morgan fingerprint density at radius 2 is 1.92 bits per heavy atom. The van der Waals surface area contributed by atoms with E-state index < -0.39 is 5.97 Å². The third kappa shape index (κ3) is 3.74. The lowest BCUT2D eigenvalue weighted by atomic mass is 10.1. The summed E-state index contributed by atoms with van der Waals surface area (Å²) < 4.78 is 10.3. The van der Waals surface area contributed by atoms with Gasteiger partial charge in [-0.1, -0.05) is 12.1 Å². The lowest BCUT2D eigenvalue weighted by molar-refractivity contribution is 0.0527. The second kappa shape index (κ2) is 7.82. The number of carbonyl (C=O) groups is 1. The number of nitrogens with zero attached hydrogens (tertiary/aromatic N) is 2. The number of nitrogens with one attached hydrogen (secondary N) is 1. The van der Waals surface area contributed by atoms with Gasteiger partial charge in [-0.25, -0.2) is 14.8 Å². The fourth-order valence-electron chi connectivity index (χ4n) is 2.66. The van der Waals surface area contributed by atoms with Crippen LogP contribution in [0.3, 0.4) is 0 Å². The number of esters is 1. The Labute approximate surface area is 152 Å². The van der Waals surface area contributed by atoms with Crippen LogP contribution in [0.2, 0.25) is 0 Å². The molecule has 3 rings (SSSR count). The molecule has 6 nitrogen and oxygen atoms in total. The normalized spacial score (nSPS) is 10.6. The minimum atomic E-state index is -0.403. The summed E-state index contributed by atoms with van der Waals surface area (Å²) in [6.07, 6.45) is 1.52. The van der Waals surface area contributed by atoms with Gasteiger partial charge in [0.15, 0.2) is 5.65 Å². The van der Waals surface area contributed by atoms with Crippen molar-refractivity contribution in [3.8, 4) is 5.75 Å². The van der Waals surface area contributed by atoms with Gasteiger partial charge in [0.25, 0.3) is 0 Å². The number of carbonyl (C=O) groups excluding carboxylic acids is 1. The van der Waals surface area contributed by atoms with Crippen molar-refractivity contribution in [1.82, 2.24) is 9.97 Å². The lowest BCUT2D eigenvalue weighted by Gasteiger charge is -2.14. The summed E-state index contributed by atoms with van der Waals surface area (Å²) in [5, 5.41) is 4.13. The lowest BCUT2D eigenvalue weighted by Crippen LogP contribution is -2.11. The van der Waals surface area contributed by atoms with Crippen LogP contribution in [-0.2, 0) is 11.3 Å². The van der Waals surface area contributed by atoms with E-state index in [1.807, 2.05) is 43.3 Å². The zero-order valence-corrected chi connectivity index (χ0v) is 15.1. The zero-order chi connectivity index (χ0) is 18.5. The maximum absolute atomic E-state index is 12.3. The van der Waals surface area contributed by atoms with E-state index in [4.69, 9.17) is 9.47 Å². The quantitative estimate of drug-likeness (QED) is 0.682. The Bertz CT molecular complexity index is 923. The van der Waals surface area contributed by atoms with Gasteiger partial charge in [0.05, 0.1) is 19.4 Å². The maximum Gasteiger partial charge on any atom is 0.341 e. The van der Waals surface area contributed by atoms with Crippen LogP contribution >= 0.6 is 0 Å². The average Bonchev–Trinajstić information content (AvgIpc) is 2.66. The van der Waals surface area contributed by atoms with Crippen LogP contribution in [0.15, 0.2) is 42.6 Å². The standard InChI is InChI=1S/C20H21N3O3/c1-4-26-20(24)17-12-22-19-16(10-5-13(2)23-19)18(17)21-11-14-6-8-15(25-3)9-7-14/h5-10,12H,4,11H2,1-3H3,(H,21,22,23). The van der Waals surface area contributed by atoms with Crippen LogP contribution in [0, 0.1) is 6.92 Å². The molecule has 0 aliphatic carbocycles. The van der Waals surface area contributed by atoms with Gasteiger partial charge >= 0.3 is 5.97 Å². The van der Waals surface area contributed by atoms with Crippen molar-refractivity contribution in [2.75, 3.05) is 19.0 Å². The first-order valence-electron chi connectivity index (χ1n) is 8.42. The fraction of sp³-hybridized carbons (Fsp3) is 0.250. The monoisotopic (exact) mass is 351 g/mol. The summed E-state index contributed by atoms with van der Waals surface area (Å²) in [6.45, 7) is 4.54. The van der Waals surface area contributed by atoms with E-state index in [1.54, 1.807) is 14.0 Å². The number of hydrogen-bond acceptors (Lipinski definition) is 6. The summed E-state index contributed by atoms with van der Waals surface area (Å²) in [5.41, 5.74) is 3.60. The van der Waals surface area contributed by atoms with Crippen molar-refractivity contribution in [3.05, 3.63) is 59.4 Å². The van der Waals surface area contributed by atoms with Gasteiger partial charge in [-0.15, -0.1) is 0 Å². The highest BCUT2D eigenvalue weighted by Crippen LogP contribution is 2.27. The van der Waals surface area contributed by atoms with E-state index in [0.717, 1.165) is 22.4 Å². The van der Waals surface area contributed by atoms with Crippen LogP contribution in [0.4, 0.5) is 5.69 Å². The fourth-order valence-corrected chi connectivity index (χ4v) is 2.66. The van der Waals surface area contributed by atoms with Gasteiger partial charge in [0.1, 0.15) is 11.3 Å². The molecule has 26 heavy (non-hydrogen) atoms. The van der Waals surface area contributed by atoms with Crippen LogP contribution in [0.5, 0.6) is 5.75 Å². The number of anilines is 1. The van der Waals surface area contributed by atoms with Crippen LogP contribution in [-0.4, -0.2) is 29.7 Å². The Morgan fingerprint density at radius 1 is 1.15 bits per heavy atom. The number of hydrogen-bond donors (Lipinski definition) is 1. The molecule has 0 spiro atoms. The van der Waals surface area contributed by atoms with Gasteiger partial charge in [-0.3, -0.25) is 0 Å². The Kier molecular flexibility index (Phi) is 5.31. The third-order valence-corrected chi connectivity index (χ3v) is 3.99. The van der Waals surface area contributed by atoms with Crippen LogP contribution in [0.1, 0.15) is 28.5 Å². The average molecular weight is 351 g/mol. The van der Waals surface area contributed by atoms with E-state index in [-0.39, 0.29) is 0 Å². The SMILES string of the molecule is CCOC(=O)c1cnc2nc(C)ccc2c1NCc1ccc(OC)cc1. The number of aryl methyl sites for hydroxylation is 1. The van der Waals surface area contributed by atoms with Crippen molar-refractivity contribution in [1.29, 1.82) is 0 Å². The molecule has 0 unspecified atom stereocenters. The predicted octanol–water partition coefficient (Wildman–Crippen LogP) is 3.74. The molecule has 2 heterocycles. The number of methoxy groups -OCH3 is 1. The summed E-state index contributed by atoms with van der Waals surface area (Å²) >= 11 is 0. The molecule has 0 atom stereocenters. The van der Waals surface area contributed by atoms with Crippen molar-refractivity contribution in [3.63, 3.8) is 0 Å². The molecule has 134 valence electrons. The largest absolute Gasteiger partial charge is 0.497 e. The molecule has 2 aromatic heterocycles. The second-order valence-corrected chi connectivity index (χ2v) is 5.79. The Balaban J connectivity index is 1.96. The number of pyridine rings is 2. The first-order valence-corrected chi connectivity index (χ1v) is 8.42. The van der Waals surface area contributed by atoms with Crippen molar-refractivity contribution >= 4 is 22.7 Å². The Morgan fingerprint density at radius 3 is 2.62 bits per heavy atom. The predicted molar refractivity (Wildman–Crippen MR) is 101 cm³/mol. The molecule has 0 radical (unpaired) electrons. The molecule has 0 aliphatic heterocycles. The second-order valence-electron chi connectivity index (χ2n) is 5.79. The molecule has 0 bridgehead atoms. The highest BCUT2D eigenvalue weighted by molar-refractivity contribution is 6.04. The summed E-state index contributed by atoms with van der Waals surface area (Å²) in [7, 11) is 1.64. The molecule has 0 fully saturated rings. The molecule has 0 amide bonds. The van der Waals surface area contributed by atoms with E-state index in [0.29, 0.717) is 30.0 Å². The molecule has 1 aromatic carbocycles. The van der Waals surface area contributed by atoms with Crippen LogP contribution < -0.4 is 10.1 Å². The van der Waals surface area contributed by atoms with Crippen molar-refractivity contribution in [2.45, 2.75) is 20.4 Å².